The van der Waals surface area contributed by atoms with E-state index in [2.05, 4.69) is 9.97 Å². The predicted molar refractivity (Wildman–Crippen MR) is 72.0 cm³/mol. The topological polar surface area (TPSA) is 63.1 Å². The van der Waals surface area contributed by atoms with E-state index in [9.17, 15) is 9.90 Å². The van der Waals surface area contributed by atoms with Crippen molar-refractivity contribution in [2.24, 2.45) is 0 Å². The van der Waals surface area contributed by atoms with Gasteiger partial charge >= 0.3 is 0 Å². The summed E-state index contributed by atoms with van der Waals surface area (Å²) in [6, 6.07) is 9.31. The Morgan fingerprint density at radius 1 is 1.11 bits per heavy atom. The number of fused-ring (bicyclic) bond motifs is 2. The first-order chi connectivity index (χ1) is 9.25. The van der Waals surface area contributed by atoms with E-state index in [1.807, 2.05) is 24.3 Å². The predicted octanol–water partition coefficient (Wildman–Crippen LogP) is 2.88. The standard InChI is InChI=1S/C15H8N2O2/c18-11-7-8-5-6-16-13-9-3-1-2-4-10(9)17-14(12(8)13)15(11)19/h1-7,18H. The van der Waals surface area contributed by atoms with Gasteiger partial charge in [0, 0.05) is 17.0 Å². The van der Waals surface area contributed by atoms with Gasteiger partial charge in [0.05, 0.1) is 11.0 Å². The first-order valence-corrected chi connectivity index (χ1v) is 5.88. The van der Waals surface area contributed by atoms with Crippen LogP contribution < -0.4 is 0 Å². The van der Waals surface area contributed by atoms with Crippen LogP contribution in [0.15, 0.2) is 42.3 Å². The van der Waals surface area contributed by atoms with Gasteiger partial charge in [0.2, 0.25) is 5.78 Å². The minimum atomic E-state index is -0.448. The first kappa shape index (κ1) is 10.2. The summed E-state index contributed by atoms with van der Waals surface area (Å²) >= 11 is 0. The van der Waals surface area contributed by atoms with Crippen molar-refractivity contribution in [2.45, 2.75) is 0 Å². The van der Waals surface area contributed by atoms with E-state index < -0.39 is 5.78 Å². The molecule has 1 N–H and O–H groups in total. The Hall–Kier alpha value is -2.75. The van der Waals surface area contributed by atoms with Crippen LogP contribution >= 0.6 is 0 Å². The summed E-state index contributed by atoms with van der Waals surface area (Å²) in [6.45, 7) is 0. The summed E-state index contributed by atoms with van der Waals surface area (Å²) in [4.78, 5) is 20.8. The highest BCUT2D eigenvalue weighted by molar-refractivity contribution is 6.23. The molecule has 0 radical (unpaired) electrons. The molecule has 0 aliphatic heterocycles. The van der Waals surface area contributed by atoms with Crippen molar-refractivity contribution >= 4 is 33.7 Å². The molecule has 0 bridgehead atoms. The number of hydrogen-bond acceptors (Lipinski definition) is 4. The molecule has 90 valence electrons. The molecule has 2 aromatic heterocycles. The summed E-state index contributed by atoms with van der Waals surface area (Å²) in [7, 11) is 0. The van der Waals surface area contributed by atoms with Gasteiger partial charge in [-0.15, -0.1) is 0 Å². The molecule has 4 nitrogen and oxygen atoms in total. The fraction of sp³-hybridized carbons (Fsp3) is 0. The number of allylic oxidation sites excluding steroid dienone is 1. The molecule has 0 saturated heterocycles. The Morgan fingerprint density at radius 3 is 2.84 bits per heavy atom. The zero-order chi connectivity index (χ0) is 13.0. The number of aliphatic hydroxyl groups is 1. The van der Waals surface area contributed by atoms with Crippen LogP contribution in [0.2, 0.25) is 0 Å². The minimum Gasteiger partial charge on any atom is -0.504 e. The van der Waals surface area contributed by atoms with E-state index >= 15 is 0 Å². The van der Waals surface area contributed by atoms with Gasteiger partial charge in [0.25, 0.3) is 0 Å². The fourth-order valence-electron chi connectivity index (χ4n) is 2.50. The molecule has 3 aromatic rings. The number of rotatable bonds is 0. The SMILES string of the molecule is O=C1C(O)=Cc2ccnc3c2c1nc1ccccc13. The number of nitrogens with zero attached hydrogens (tertiary/aromatic N) is 2. The third-order valence-corrected chi connectivity index (χ3v) is 3.35. The van der Waals surface area contributed by atoms with Gasteiger partial charge in [0.1, 0.15) is 5.69 Å². The maximum absolute atomic E-state index is 12.0. The van der Waals surface area contributed by atoms with Crippen LogP contribution in [0.5, 0.6) is 0 Å². The monoisotopic (exact) mass is 248 g/mol. The summed E-state index contributed by atoms with van der Waals surface area (Å²) in [5, 5.41) is 11.3. The largest absolute Gasteiger partial charge is 0.504 e. The van der Waals surface area contributed by atoms with Crippen LogP contribution in [-0.4, -0.2) is 20.9 Å². The van der Waals surface area contributed by atoms with Crippen LogP contribution in [0.4, 0.5) is 0 Å². The summed E-state index contributed by atoms with van der Waals surface area (Å²) in [6.07, 6.45) is 3.14. The zero-order valence-electron chi connectivity index (χ0n) is 9.79. The molecule has 0 saturated carbocycles. The number of carbonyl (C=O) groups is 1. The second-order valence-electron chi connectivity index (χ2n) is 4.46. The summed E-state index contributed by atoms with van der Waals surface area (Å²) in [5.74, 6) is -0.723. The lowest BCUT2D eigenvalue weighted by Gasteiger charge is -2.14. The Labute approximate surface area is 108 Å². The van der Waals surface area contributed by atoms with Crippen molar-refractivity contribution in [1.29, 1.82) is 0 Å². The molecule has 0 spiro atoms. The Kier molecular flexibility index (Phi) is 1.82. The van der Waals surface area contributed by atoms with E-state index in [1.54, 1.807) is 12.3 Å². The molecule has 1 aliphatic rings. The number of Topliss-reactive ketones (excluding diaryl/α,β-unsaturated/α-hetero) is 1. The van der Waals surface area contributed by atoms with Gasteiger partial charge in [-0.2, -0.15) is 0 Å². The quantitative estimate of drug-likeness (QED) is 0.621. The Morgan fingerprint density at radius 2 is 1.95 bits per heavy atom. The molecular formula is C15H8N2O2. The molecule has 0 amide bonds. The van der Waals surface area contributed by atoms with Gasteiger partial charge in [-0.25, -0.2) is 4.98 Å². The Bertz CT molecular complexity index is 897. The summed E-state index contributed by atoms with van der Waals surface area (Å²) in [5.41, 5.74) is 2.50. The van der Waals surface area contributed by atoms with E-state index in [0.717, 1.165) is 16.5 Å². The van der Waals surface area contributed by atoms with Crippen molar-refractivity contribution in [2.75, 3.05) is 0 Å². The molecule has 0 atom stereocenters. The number of carbonyl (C=O) groups excluding carboxylic acids is 1. The second-order valence-corrected chi connectivity index (χ2v) is 4.46. The van der Waals surface area contributed by atoms with Crippen molar-refractivity contribution in [3.8, 4) is 0 Å². The van der Waals surface area contributed by atoms with Gasteiger partial charge < -0.3 is 5.11 Å². The van der Waals surface area contributed by atoms with Crippen LogP contribution in [0.3, 0.4) is 0 Å². The van der Waals surface area contributed by atoms with E-state index in [-0.39, 0.29) is 11.5 Å². The molecule has 1 aromatic carbocycles. The van der Waals surface area contributed by atoms with E-state index in [4.69, 9.17) is 0 Å². The third-order valence-electron chi connectivity index (χ3n) is 3.35. The normalized spacial score (nSPS) is 13.9. The second kappa shape index (κ2) is 3.38. The van der Waals surface area contributed by atoms with E-state index in [0.29, 0.717) is 10.9 Å². The van der Waals surface area contributed by atoms with Crippen molar-refractivity contribution < 1.29 is 9.90 Å². The molecule has 4 rings (SSSR count). The van der Waals surface area contributed by atoms with Crippen molar-refractivity contribution in [3.05, 3.63) is 53.5 Å². The van der Waals surface area contributed by atoms with Gasteiger partial charge in [-0.1, -0.05) is 18.2 Å². The molecule has 1 aliphatic carbocycles. The maximum Gasteiger partial charge on any atom is 0.246 e. The Balaban J connectivity index is 2.33. The molecule has 0 unspecified atom stereocenters. The van der Waals surface area contributed by atoms with Crippen molar-refractivity contribution in [3.63, 3.8) is 0 Å². The van der Waals surface area contributed by atoms with Crippen LogP contribution in [-0.2, 0) is 0 Å². The fourth-order valence-corrected chi connectivity index (χ4v) is 2.50. The van der Waals surface area contributed by atoms with Crippen LogP contribution in [0.25, 0.3) is 27.9 Å². The highest BCUT2D eigenvalue weighted by Crippen LogP contribution is 2.32. The lowest BCUT2D eigenvalue weighted by molar-refractivity contribution is 0.0976. The molecular weight excluding hydrogens is 240 g/mol. The minimum absolute atomic E-state index is 0.275. The van der Waals surface area contributed by atoms with Gasteiger partial charge in [-0.05, 0) is 23.8 Å². The smallest absolute Gasteiger partial charge is 0.246 e. The highest BCUT2D eigenvalue weighted by Gasteiger charge is 2.24. The van der Waals surface area contributed by atoms with Crippen LogP contribution in [0.1, 0.15) is 16.1 Å². The van der Waals surface area contributed by atoms with Crippen LogP contribution in [0, 0.1) is 0 Å². The number of pyridine rings is 2. The first-order valence-electron chi connectivity index (χ1n) is 5.88. The maximum atomic E-state index is 12.0. The number of ketones is 1. The summed E-state index contributed by atoms with van der Waals surface area (Å²) < 4.78 is 0. The van der Waals surface area contributed by atoms with Gasteiger partial charge in [0.15, 0.2) is 5.76 Å². The number of aromatic nitrogens is 2. The lowest BCUT2D eigenvalue weighted by atomic mass is 9.96. The third kappa shape index (κ3) is 1.25. The highest BCUT2D eigenvalue weighted by atomic mass is 16.3. The van der Waals surface area contributed by atoms with E-state index in [1.165, 1.54) is 6.08 Å². The lowest BCUT2D eigenvalue weighted by Crippen LogP contribution is -2.11. The zero-order valence-corrected chi connectivity index (χ0v) is 9.79. The number of hydrogen-bond donors (Lipinski definition) is 1. The molecule has 4 heteroatoms. The molecule has 19 heavy (non-hydrogen) atoms. The van der Waals surface area contributed by atoms with Crippen molar-refractivity contribution in [1.82, 2.24) is 9.97 Å². The molecule has 2 heterocycles. The average Bonchev–Trinajstić information content (AvgIpc) is 2.44. The number of benzene rings is 1. The van der Waals surface area contributed by atoms with Gasteiger partial charge in [-0.3, -0.25) is 9.78 Å². The number of aliphatic hydroxyl groups excluding tert-OH is 1. The average molecular weight is 248 g/mol. The number of para-hydroxylation sites is 1. The molecule has 0 fully saturated rings.